The molecule has 4 aromatic rings. The molecule has 0 radical (unpaired) electrons. The smallest absolute Gasteiger partial charge is 0.322 e. The van der Waals surface area contributed by atoms with Gasteiger partial charge >= 0.3 is 6.03 Å². The molecule has 0 unspecified atom stereocenters. The summed E-state index contributed by atoms with van der Waals surface area (Å²) in [5, 5.41) is 3.94. The zero-order valence-electron chi connectivity index (χ0n) is 17.0. The number of carbonyl (C=O) groups is 1. The van der Waals surface area contributed by atoms with Crippen molar-refractivity contribution in [3.05, 3.63) is 101 Å². The van der Waals surface area contributed by atoms with Crippen molar-refractivity contribution in [1.82, 2.24) is 9.88 Å². The van der Waals surface area contributed by atoms with Gasteiger partial charge in [-0.2, -0.15) is 0 Å². The van der Waals surface area contributed by atoms with E-state index in [1.807, 2.05) is 18.2 Å². The minimum atomic E-state index is -0.410. The highest BCUT2D eigenvalue weighted by Crippen LogP contribution is 2.38. The molecule has 0 bridgehead atoms. The number of H-pyrrole nitrogens is 1. The maximum Gasteiger partial charge on any atom is 0.322 e. The highest BCUT2D eigenvalue weighted by Gasteiger charge is 2.34. The van der Waals surface area contributed by atoms with Crippen LogP contribution in [0.3, 0.4) is 0 Å². The summed E-state index contributed by atoms with van der Waals surface area (Å²) in [6.07, 6.45) is 0.687. The van der Waals surface area contributed by atoms with Crippen LogP contribution in [-0.2, 0) is 6.42 Å². The standard InChI is InChI=1S/C25H21F2N3O/c1-15-6-11-18(14-21(15)27)28-25(31)30-13-12-20-19-4-2-3-5-22(19)29-23(20)24(30)16-7-9-17(26)10-8-16/h2-11,14,24,29H,12-13H2,1H3,(H,28,31)/t24-/m1/s1. The molecule has 1 aromatic heterocycles. The van der Waals surface area contributed by atoms with Crippen LogP contribution in [0.1, 0.15) is 28.4 Å². The minimum Gasteiger partial charge on any atom is -0.356 e. The Morgan fingerprint density at radius 3 is 2.61 bits per heavy atom. The molecule has 1 aliphatic rings. The number of rotatable bonds is 2. The van der Waals surface area contributed by atoms with Crippen molar-refractivity contribution in [3.8, 4) is 0 Å². The third-order valence-electron chi connectivity index (χ3n) is 5.90. The van der Waals surface area contributed by atoms with E-state index in [0.717, 1.165) is 27.7 Å². The second-order valence-electron chi connectivity index (χ2n) is 7.85. The van der Waals surface area contributed by atoms with Gasteiger partial charge in [0.25, 0.3) is 0 Å². The fourth-order valence-electron chi connectivity index (χ4n) is 4.32. The van der Waals surface area contributed by atoms with Crippen LogP contribution in [0.15, 0.2) is 66.7 Å². The quantitative estimate of drug-likeness (QED) is 0.417. The number of fused-ring (bicyclic) bond motifs is 3. The second kappa shape index (κ2) is 7.54. The molecule has 31 heavy (non-hydrogen) atoms. The van der Waals surface area contributed by atoms with Gasteiger partial charge in [0, 0.05) is 28.8 Å². The summed E-state index contributed by atoms with van der Waals surface area (Å²) >= 11 is 0. The Hall–Kier alpha value is -3.67. The van der Waals surface area contributed by atoms with Crippen LogP contribution in [0.25, 0.3) is 10.9 Å². The number of carbonyl (C=O) groups excluding carboxylic acids is 1. The van der Waals surface area contributed by atoms with Crippen molar-refractivity contribution in [2.75, 3.05) is 11.9 Å². The number of para-hydroxylation sites is 1. The zero-order chi connectivity index (χ0) is 21.5. The van der Waals surface area contributed by atoms with E-state index in [2.05, 4.69) is 16.4 Å². The van der Waals surface area contributed by atoms with E-state index in [9.17, 15) is 13.6 Å². The number of nitrogens with one attached hydrogen (secondary N) is 2. The van der Waals surface area contributed by atoms with Crippen LogP contribution in [0, 0.1) is 18.6 Å². The molecular weight excluding hydrogens is 396 g/mol. The fraction of sp³-hybridized carbons (Fsp3) is 0.160. The topological polar surface area (TPSA) is 48.1 Å². The summed E-state index contributed by atoms with van der Waals surface area (Å²) in [4.78, 5) is 18.4. The average molecular weight is 417 g/mol. The van der Waals surface area contributed by atoms with Crippen LogP contribution in [-0.4, -0.2) is 22.5 Å². The molecule has 4 nitrogen and oxygen atoms in total. The Kier molecular flexibility index (Phi) is 4.70. The van der Waals surface area contributed by atoms with Crippen molar-refractivity contribution >= 4 is 22.6 Å². The first-order chi connectivity index (χ1) is 15.0. The van der Waals surface area contributed by atoms with Crippen LogP contribution in [0.5, 0.6) is 0 Å². The van der Waals surface area contributed by atoms with E-state index in [1.54, 1.807) is 36.1 Å². The third-order valence-corrected chi connectivity index (χ3v) is 5.90. The maximum atomic E-state index is 14.0. The number of hydrogen-bond acceptors (Lipinski definition) is 1. The largest absolute Gasteiger partial charge is 0.356 e. The predicted octanol–water partition coefficient (Wildman–Crippen LogP) is 5.93. The average Bonchev–Trinajstić information content (AvgIpc) is 3.15. The molecule has 156 valence electrons. The highest BCUT2D eigenvalue weighted by molar-refractivity contribution is 5.91. The van der Waals surface area contributed by atoms with Gasteiger partial charge in [0.2, 0.25) is 0 Å². The van der Waals surface area contributed by atoms with Gasteiger partial charge in [-0.05, 0) is 60.4 Å². The Balaban J connectivity index is 1.56. The SMILES string of the molecule is Cc1ccc(NC(=O)N2CCc3c([nH]c4ccccc34)[C@H]2c2ccc(F)cc2)cc1F. The molecule has 2 amide bonds. The van der Waals surface area contributed by atoms with Crippen molar-refractivity contribution < 1.29 is 13.6 Å². The normalized spacial score (nSPS) is 15.7. The number of aromatic amines is 1. The van der Waals surface area contributed by atoms with Crippen LogP contribution in [0.4, 0.5) is 19.3 Å². The number of benzene rings is 3. The Morgan fingerprint density at radius 1 is 1.06 bits per heavy atom. The molecule has 5 rings (SSSR count). The van der Waals surface area contributed by atoms with Gasteiger partial charge in [0.05, 0.1) is 6.04 Å². The molecule has 0 saturated carbocycles. The van der Waals surface area contributed by atoms with E-state index in [0.29, 0.717) is 24.2 Å². The summed E-state index contributed by atoms with van der Waals surface area (Å²) in [6.45, 7) is 2.16. The van der Waals surface area contributed by atoms with Gasteiger partial charge < -0.3 is 15.2 Å². The lowest BCUT2D eigenvalue weighted by molar-refractivity contribution is 0.193. The molecule has 3 aromatic carbocycles. The minimum absolute atomic E-state index is 0.331. The molecule has 2 heterocycles. The highest BCUT2D eigenvalue weighted by atomic mass is 19.1. The molecule has 2 N–H and O–H groups in total. The summed E-state index contributed by atoms with van der Waals surface area (Å²) in [5.41, 5.74) is 4.80. The zero-order valence-corrected chi connectivity index (χ0v) is 17.0. The monoisotopic (exact) mass is 417 g/mol. The first-order valence-electron chi connectivity index (χ1n) is 10.2. The van der Waals surface area contributed by atoms with E-state index in [1.165, 1.54) is 18.2 Å². The Labute approximate surface area is 178 Å². The van der Waals surface area contributed by atoms with Crippen LogP contribution >= 0.6 is 0 Å². The van der Waals surface area contributed by atoms with Crippen molar-refractivity contribution in [2.45, 2.75) is 19.4 Å². The lowest BCUT2D eigenvalue weighted by atomic mass is 9.92. The van der Waals surface area contributed by atoms with Gasteiger partial charge in [-0.3, -0.25) is 0 Å². The number of urea groups is 1. The van der Waals surface area contributed by atoms with E-state index < -0.39 is 6.04 Å². The Bertz CT molecular complexity index is 1280. The number of amides is 2. The fourth-order valence-corrected chi connectivity index (χ4v) is 4.32. The number of anilines is 1. The summed E-state index contributed by atoms with van der Waals surface area (Å²) in [5.74, 6) is -0.702. The second-order valence-corrected chi connectivity index (χ2v) is 7.85. The molecule has 1 atom stereocenters. The number of aromatic nitrogens is 1. The summed E-state index contributed by atoms with van der Waals surface area (Å²) in [7, 11) is 0. The van der Waals surface area contributed by atoms with Crippen LogP contribution < -0.4 is 5.32 Å². The number of hydrogen-bond donors (Lipinski definition) is 2. The number of aryl methyl sites for hydroxylation is 1. The number of halogens is 2. The van der Waals surface area contributed by atoms with Gasteiger partial charge in [0.1, 0.15) is 11.6 Å². The summed E-state index contributed by atoms with van der Waals surface area (Å²) in [6, 6.07) is 18.1. The van der Waals surface area contributed by atoms with Crippen molar-refractivity contribution in [2.24, 2.45) is 0 Å². The van der Waals surface area contributed by atoms with Gasteiger partial charge in [-0.1, -0.05) is 36.4 Å². The molecule has 0 spiro atoms. The van der Waals surface area contributed by atoms with Crippen molar-refractivity contribution in [3.63, 3.8) is 0 Å². The third kappa shape index (κ3) is 3.44. The molecule has 0 saturated heterocycles. The first-order valence-corrected chi connectivity index (χ1v) is 10.2. The van der Waals surface area contributed by atoms with Gasteiger partial charge in [-0.15, -0.1) is 0 Å². The van der Waals surface area contributed by atoms with Gasteiger partial charge in [0.15, 0.2) is 0 Å². The Morgan fingerprint density at radius 2 is 1.84 bits per heavy atom. The summed E-state index contributed by atoms with van der Waals surface area (Å²) < 4.78 is 27.6. The van der Waals surface area contributed by atoms with Gasteiger partial charge in [-0.25, -0.2) is 13.6 Å². The van der Waals surface area contributed by atoms with E-state index in [-0.39, 0.29) is 17.7 Å². The lowest BCUT2D eigenvalue weighted by Crippen LogP contribution is -2.43. The molecule has 0 aliphatic carbocycles. The number of nitrogens with zero attached hydrogens (tertiary/aromatic N) is 1. The molecular formula is C25H21F2N3O. The maximum absolute atomic E-state index is 14.0. The van der Waals surface area contributed by atoms with Crippen LogP contribution in [0.2, 0.25) is 0 Å². The molecule has 6 heteroatoms. The molecule has 0 fully saturated rings. The predicted molar refractivity (Wildman–Crippen MR) is 117 cm³/mol. The molecule has 1 aliphatic heterocycles. The lowest BCUT2D eigenvalue weighted by Gasteiger charge is -2.36. The van der Waals surface area contributed by atoms with E-state index in [4.69, 9.17) is 0 Å². The van der Waals surface area contributed by atoms with Crippen molar-refractivity contribution in [1.29, 1.82) is 0 Å². The first kappa shape index (κ1) is 19.3. The van der Waals surface area contributed by atoms with E-state index >= 15 is 0 Å².